The van der Waals surface area contributed by atoms with Gasteiger partial charge in [0.05, 0.1) is 12.7 Å². The van der Waals surface area contributed by atoms with Gasteiger partial charge in [-0.2, -0.15) is 0 Å². The summed E-state index contributed by atoms with van der Waals surface area (Å²) < 4.78 is 6.42. The second-order valence-corrected chi connectivity index (χ2v) is 5.39. The van der Waals surface area contributed by atoms with Gasteiger partial charge in [-0.15, -0.1) is 10.2 Å². The fraction of sp³-hybridized carbons (Fsp3) is 0.0769. The highest BCUT2D eigenvalue weighted by Crippen LogP contribution is 2.35. The number of methoxy groups -OCH3 is 1. The lowest BCUT2D eigenvalue weighted by Crippen LogP contribution is -2.14. The Kier molecular flexibility index (Phi) is 2.36. The zero-order valence-electron chi connectivity index (χ0n) is 10.8. The molecule has 0 bridgehead atoms. The Hall–Kier alpha value is -2.74. The third-order valence-corrected chi connectivity index (χ3v) is 4.29. The summed E-state index contributed by atoms with van der Waals surface area (Å²) in [5.41, 5.74) is 1.17. The summed E-state index contributed by atoms with van der Waals surface area (Å²) in [7, 11) is 1.30. The standard InChI is InChI=1S/C13H8N4O3S/c1-20-12(19)8-10-14-11(18)7-5-3-2-4-6(7)9-15-16-13(21-8)17(9)10/h2-5H,1H3,(H,14,18). The Bertz CT molecular complexity index is 911. The Labute approximate surface area is 122 Å². The molecule has 2 aromatic heterocycles. The summed E-state index contributed by atoms with van der Waals surface area (Å²) >= 11 is 1.13. The van der Waals surface area contributed by atoms with Crippen LogP contribution in [-0.2, 0) is 4.74 Å². The maximum absolute atomic E-state index is 12.4. The number of fused-ring (bicyclic) bond motifs is 2. The first-order valence-electron chi connectivity index (χ1n) is 6.07. The van der Waals surface area contributed by atoms with E-state index in [0.717, 1.165) is 11.3 Å². The van der Waals surface area contributed by atoms with Crippen molar-refractivity contribution in [1.82, 2.24) is 14.6 Å². The van der Waals surface area contributed by atoms with Crippen LogP contribution < -0.4 is 5.32 Å². The molecule has 0 saturated heterocycles. The summed E-state index contributed by atoms with van der Waals surface area (Å²) in [6.45, 7) is 0. The molecule has 0 aliphatic carbocycles. The first kappa shape index (κ1) is 12.0. The number of benzene rings is 1. The monoisotopic (exact) mass is 300 g/mol. The first-order valence-corrected chi connectivity index (χ1v) is 6.89. The molecule has 7 nitrogen and oxygen atoms in total. The molecule has 1 amide bonds. The van der Waals surface area contributed by atoms with Crippen molar-refractivity contribution in [2.24, 2.45) is 0 Å². The van der Waals surface area contributed by atoms with E-state index in [1.54, 1.807) is 22.6 Å². The Morgan fingerprint density at radius 2 is 2.05 bits per heavy atom. The second kappa shape index (κ2) is 4.13. The average Bonchev–Trinajstić information content (AvgIpc) is 3.03. The Balaban J connectivity index is 2.09. The number of nitrogens with zero attached hydrogens (tertiary/aromatic N) is 3. The normalized spacial score (nSPS) is 12.7. The summed E-state index contributed by atoms with van der Waals surface area (Å²) in [5.74, 6) is 0.0714. The molecule has 0 spiro atoms. The number of nitrogens with one attached hydrogen (secondary N) is 1. The van der Waals surface area contributed by atoms with Crippen molar-refractivity contribution in [3.8, 4) is 11.4 Å². The molecule has 1 aromatic carbocycles. The summed E-state index contributed by atoms with van der Waals surface area (Å²) in [6, 6.07) is 7.11. The van der Waals surface area contributed by atoms with Crippen molar-refractivity contribution in [2.45, 2.75) is 0 Å². The molecule has 3 heterocycles. The predicted molar refractivity (Wildman–Crippen MR) is 75.6 cm³/mol. The van der Waals surface area contributed by atoms with E-state index in [4.69, 9.17) is 4.74 Å². The number of hydrogen-bond donors (Lipinski definition) is 1. The van der Waals surface area contributed by atoms with E-state index in [2.05, 4.69) is 15.5 Å². The van der Waals surface area contributed by atoms with Crippen molar-refractivity contribution in [1.29, 1.82) is 0 Å². The topological polar surface area (TPSA) is 85.6 Å². The molecule has 0 unspecified atom stereocenters. The van der Waals surface area contributed by atoms with Crippen LogP contribution in [-0.4, -0.2) is 33.6 Å². The fourth-order valence-electron chi connectivity index (χ4n) is 2.35. The maximum atomic E-state index is 12.4. The van der Waals surface area contributed by atoms with Gasteiger partial charge in [-0.3, -0.25) is 9.20 Å². The van der Waals surface area contributed by atoms with Crippen LogP contribution in [0.15, 0.2) is 24.3 Å². The minimum absolute atomic E-state index is 0.291. The molecule has 104 valence electrons. The fourth-order valence-corrected chi connectivity index (χ4v) is 3.29. The van der Waals surface area contributed by atoms with Crippen molar-refractivity contribution in [3.05, 3.63) is 34.7 Å². The molecule has 4 rings (SSSR count). The van der Waals surface area contributed by atoms with E-state index in [1.807, 2.05) is 6.07 Å². The molecule has 0 radical (unpaired) electrons. The van der Waals surface area contributed by atoms with Crippen LogP contribution in [0.5, 0.6) is 0 Å². The number of ether oxygens (including phenoxy) is 1. The molecular formula is C13H8N4O3S. The second-order valence-electron chi connectivity index (χ2n) is 4.41. The largest absolute Gasteiger partial charge is 0.465 e. The lowest BCUT2D eigenvalue weighted by molar-refractivity contribution is 0.0607. The lowest BCUT2D eigenvalue weighted by Gasteiger charge is -2.03. The van der Waals surface area contributed by atoms with Gasteiger partial charge in [0.1, 0.15) is 5.82 Å². The van der Waals surface area contributed by atoms with Gasteiger partial charge in [0.2, 0.25) is 4.96 Å². The van der Waals surface area contributed by atoms with Crippen LogP contribution in [0.1, 0.15) is 20.0 Å². The molecule has 0 atom stereocenters. The molecule has 3 aromatic rings. The summed E-state index contributed by atoms with van der Waals surface area (Å²) in [6.07, 6.45) is 0. The number of anilines is 1. The molecule has 0 fully saturated rings. The minimum atomic E-state index is -0.516. The van der Waals surface area contributed by atoms with E-state index >= 15 is 0 Å². The van der Waals surface area contributed by atoms with Crippen LogP contribution in [0.2, 0.25) is 0 Å². The van der Waals surface area contributed by atoms with Gasteiger partial charge in [0.25, 0.3) is 5.91 Å². The minimum Gasteiger partial charge on any atom is -0.465 e. The van der Waals surface area contributed by atoms with Crippen molar-refractivity contribution >= 4 is 34.0 Å². The molecule has 8 heteroatoms. The predicted octanol–water partition coefficient (Wildman–Crippen LogP) is 1.81. The number of carbonyl (C=O) groups excluding carboxylic acids is 2. The highest BCUT2D eigenvalue weighted by atomic mass is 32.1. The van der Waals surface area contributed by atoms with Gasteiger partial charge in [-0.05, 0) is 6.07 Å². The molecule has 1 N–H and O–H groups in total. The number of hydrogen-bond acceptors (Lipinski definition) is 6. The van der Waals surface area contributed by atoms with Crippen molar-refractivity contribution < 1.29 is 14.3 Å². The van der Waals surface area contributed by atoms with Crippen LogP contribution in [0.25, 0.3) is 16.3 Å². The zero-order valence-corrected chi connectivity index (χ0v) is 11.6. The Morgan fingerprint density at radius 3 is 2.81 bits per heavy atom. The number of amides is 1. The average molecular weight is 300 g/mol. The van der Waals surface area contributed by atoms with Crippen molar-refractivity contribution in [3.63, 3.8) is 0 Å². The van der Waals surface area contributed by atoms with Crippen LogP contribution in [0.4, 0.5) is 5.82 Å². The third-order valence-electron chi connectivity index (χ3n) is 3.28. The number of carbonyl (C=O) groups is 2. The molecule has 1 aliphatic rings. The van der Waals surface area contributed by atoms with Crippen LogP contribution in [0, 0.1) is 0 Å². The number of rotatable bonds is 1. The third kappa shape index (κ3) is 1.53. The van der Waals surface area contributed by atoms with Gasteiger partial charge in [0, 0.05) is 5.56 Å². The number of aromatic nitrogens is 3. The first-order chi connectivity index (χ1) is 10.2. The molecule has 0 saturated carbocycles. The summed E-state index contributed by atoms with van der Waals surface area (Å²) in [4.78, 5) is 25.0. The number of thiazole rings is 1. The highest BCUT2D eigenvalue weighted by molar-refractivity contribution is 7.19. The van der Waals surface area contributed by atoms with E-state index in [0.29, 0.717) is 32.6 Å². The van der Waals surface area contributed by atoms with E-state index in [9.17, 15) is 9.59 Å². The van der Waals surface area contributed by atoms with Gasteiger partial charge >= 0.3 is 5.97 Å². The van der Waals surface area contributed by atoms with Gasteiger partial charge in [-0.25, -0.2) is 4.79 Å². The molecular weight excluding hydrogens is 292 g/mol. The SMILES string of the molecule is COC(=O)c1sc2nnc3n2c1NC(=O)c1ccccc1-3. The van der Waals surface area contributed by atoms with Crippen LogP contribution in [0.3, 0.4) is 0 Å². The Morgan fingerprint density at radius 1 is 1.29 bits per heavy atom. The molecule has 1 aliphatic heterocycles. The van der Waals surface area contributed by atoms with Gasteiger partial charge in [0.15, 0.2) is 10.7 Å². The van der Waals surface area contributed by atoms with E-state index in [-0.39, 0.29) is 5.91 Å². The highest BCUT2D eigenvalue weighted by Gasteiger charge is 2.29. The molecule has 21 heavy (non-hydrogen) atoms. The van der Waals surface area contributed by atoms with Gasteiger partial charge in [-0.1, -0.05) is 29.5 Å². The summed E-state index contributed by atoms with van der Waals surface area (Å²) in [5, 5.41) is 10.9. The van der Waals surface area contributed by atoms with Crippen molar-refractivity contribution in [2.75, 3.05) is 12.4 Å². The zero-order chi connectivity index (χ0) is 14.6. The van der Waals surface area contributed by atoms with Gasteiger partial charge < -0.3 is 10.1 Å². The van der Waals surface area contributed by atoms with E-state index < -0.39 is 5.97 Å². The van der Waals surface area contributed by atoms with E-state index in [1.165, 1.54) is 7.11 Å². The van der Waals surface area contributed by atoms with Crippen LogP contribution >= 0.6 is 11.3 Å². The lowest BCUT2D eigenvalue weighted by atomic mass is 10.1. The smallest absolute Gasteiger partial charge is 0.351 e. The quantitative estimate of drug-likeness (QED) is 0.693. The number of esters is 1. The maximum Gasteiger partial charge on any atom is 0.351 e.